The van der Waals surface area contributed by atoms with Crippen LogP contribution in [-0.4, -0.2) is 37.1 Å². The fourth-order valence-electron chi connectivity index (χ4n) is 4.44. The molecule has 1 aliphatic heterocycles. The molecule has 4 atom stereocenters. The Morgan fingerprint density at radius 2 is 1.95 bits per heavy atom. The van der Waals surface area contributed by atoms with Crippen LogP contribution in [0.15, 0.2) is 0 Å². The third-order valence-electron chi connectivity index (χ3n) is 6.07. The number of hydrogen-bond donors (Lipinski definition) is 1. The molecule has 1 N–H and O–H groups in total. The molecule has 2 rings (SSSR count). The number of nitrogens with one attached hydrogen (secondary N) is 1. The second-order valence-corrected chi connectivity index (χ2v) is 7.96. The van der Waals surface area contributed by atoms with E-state index in [1.807, 2.05) is 0 Å². The topological polar surface area (TPSA) is 15.3 Å². The molecule has 0 aromatic carbocycles. The second kappa shape index (κ2) is 8.53. The van der Waals surface area contributed by atoms with E-state index < -0.39 is 0 Å². The van der Waals surface area contributed by atoms with Crippen molar-refractivity contribution < 1.29 is 0 Å². The van der Waals surface area contributed by atoms with E-state index in [0.717, 1.165) is 29.7 Å². The summed E-state index contributed by atoms with van der Waals surface area (Å²) in [4.78, 5) is 2.77. The Kier molecular flexibility index (Phi) is 7.01. The van der Waals surface area contributed by atoms with Gasteiger partial charge in [0.2, 0.25) is 0 Å². The van der Waals surface area contributed by atoms with Crippen molar-refractivity contribution in [3.63, 3.8) is 0 Å². The van der Waals surface area contributed by atoms with Crippen LogP contribution >= 0.6 is 0 Å². The molecule has 0 aromatic heterocycles. The lowest BCUT2D eigenvalue weighted by Crippen LogP contribution is -2.45. The third-order valence-corrected chi connectivity index (χ3v) is 6.07. The predicted molar refractivity (Wildman–Crippen MR) is 92.6 cm³/mol. The first kappa shape index (κ1) is 17.3. The summed E-state index contributed by atoms with van der Waals surface area (Å²) in [6.45, 7) is 14.7. The van der Waals surface area contributed by atoms with Gasteiger partial charge in [0, 0.05) is 19.1 Å². The van der Waals surface area contributed by atoms with Crippen molar-refractivity contribution in [2.45, 2.75) is 72.3 Å². The molecule has 124 valence electrons. The highest BCUT2D eigenvalue weighted by Gasteiger charge is 2.33. The summed E-state index contributed by atoms with van der Waals surface area (Å²) in [5, 5.41) is 3.85. The van der Waals surface area contributed by atoms with Gasteiger partial charge >= 0.3 is 0 Å². The molecular weight excluding hydrogens is 256 g/mol. The molecule has 2 nitrogen and oxygen atoms in total. The van der Waals surface area contributed by atoms with Gasteiger partial charge in [-0.2, -0.15) is 0 Å². The van der Waals surface area contributed by atoms with Gasteiger partial charge in [0.15, 0.2) is 0 Å². The van der Waals surface area contributed by atoms with Crippen LogP contribution in [0.25, 0.3) is 0 Å². The van der Waals surface area contributed by atoms with Crippen molar-refractivity contribution in [1.29, 1.82) is 0 Å². The minimum atomic E-state index is 0.783. The number of hydrogen-bond acceptors (Lipinski definition) is 2. The summed E-state index contributed by atoms with van der Waals surface area (Å²) in [5.74, 6) is 3.68. The molecule has 0 amide bonds. The summed E-state index contributed by atoms with van der Waals surface area (Å²) < 4.78 is 0. The highest BCUT2D eigenvalue weighted by molar-refractivity contribution is 4.88. The van der Waals surface area contributed by atoms with Crippen LogP contribution in [0.2, 0.25) is 0 Å². The van der Waals surface area contributed by atoms with Crippen molar-refractivity contribution in [3.05, 3.63) is 0 Å². The maximum absolute atomic E-state index is 3.85. The van der Waals surface area contributed by atoms with Crippen LogP contribution in [0.3, 0.4) is 0 Å². The molecule has 2 heteroatoms. The van der Waals surface area contributed by atoms with E-state index in [2.05, 4.69) is 37.9 Å². The van der Waals surface area contributed by atoms with E-state index in [4.69, 9.17) is 0 Å². The molecular formula is C19H38N2. The quantitative estimate of drug-likeness (QED) is 0.758. The zero-order chi connectivity index (χ0) is 15.2. The molecule has 21 heavy (non-hydrogen) atoms. The molecule has 2 fully saturated rings. The molecule has 0 spiro atoms. The van der Waals surface area contributed by atoms with Crippen LogP contribution in [0.4, 0.5) is 0 Å². The monoisotopic (exact) mass is 294 g/mol. The minimum Gasteiger partial charge on any atom is -0.314 e. The largest absolute Gasteiger partial charge is 0.314 e. The number of likely N-dealkylation sites (tertiary alicyclic amines) is 1. The minimum absolute atomic E-state index is 0.783. The third kappa shape index (κ3) is 4.96. The summed E-state index contributed by atoms with van der Waals surface area (Å²) in [5.41, 5.74) is 0. The second-order valence-electron chi connectivity index (χ2n) is 7.96. The van der Waals surface area contributed by atoms with Crippen molar-refractivity contribution in [3.8, 4) is 0 Å². The highest BCUT2D eigenvalue weighted by Crippen LogP contribution is 2.33. The van der Waals surface area contributed by atoms with E-state index >= 15 is 0 Å². The lowest BCUT2D eigenvalue weighted by atomic mass is 9.76. The van der Waals surface area contributed by atoms with E-state index in [-0.39, 0.29) is 0 Å². The SMILES string of the molecule is CCCNC1CCC(CC)CC1CN1CCC(C(C)C)C1. The van der Waals surface area contributed by atoms with Crippen LogP contribution < -0.4 is 5.32 Å². The van der Waals surface area contributed by atoms with E-state index in [1.165, 1.54) is 64.7 Å². The van der Waals surface area contributed by atoms with Gasteiger partial charge in [0.05, 0.1) is 0 Å². The van der Waals surface area contributed by atoms with Crippen molar-refractivity contribution in [1.82, 2.24) is 10.2 Å². The van der Waals surface area contributed by atoms with Crippen molar-refractivity contribution in [2.24, 2.45) is 23.7 Å². The smallest absolute Gasteiger partial charge is 0.0108 e. The van der Waals surface area contributed by atoms with Crippen LogP contribution in [-0.2, 0) is 0 Å². The average molecular weight is 295 g/mol. The molecule has 0 bridgehead atoms. The molecule has 1 saturated heterocycles. The summed E-state index contributed by atoms with van der Waals surface area (Å²) in [7, 11) is 0. The number of nitrogens with zero attached hydrogens (tertiary/aromatic N) is 1. The van der Waals surface area contributed by atoms with Crippen LogP contribution in [0.1, 0.15) is 66.2 Å². The van der Waals surface area contributed by atoms with Gasteiger partial charge < -0.3 is 10.2 Å². The lowest BCUT2D eigenvalue weighted by Gasteiger charge is -2.38. The first-order chi connectivity index (χ1) is 10.1. The van der Waals surface area contributed by atoms with Gasteiger partial charge in [-0.1, -0.05) is 34.1 Å². The van der Waals surface area contributed by atoms with Crippen LogP contribution in [0, 0.1) is 23.7 Å². The molecule has 0 aromatic rings. The zero-order valence-electron chi connectivity index (χ0n) is 14.9. The fraction of sp³-hybridized carbons (Fsp3) is 1.00. The Morgan fingerprint density at radius 1 is 1.14 bits per heavy atom. The van der Waals surface area contributed by atoms with Gasteiger partial charge in [-0.15, -0.1) is 0 Å². The fourth-order valence-corrected chi connectivity index (χ4v) is 4.44. The molecule has 4 unspecified atom stereocenters. The average Bonchev–Trinajstić information content (AvgIpc) is 2.94. The van der Waals surface area contributed by atoms with E-state index in [0.29, 0.717) is 0 Å². The molecule has 1 saturated carbocycles. The zero-order valence-corrected chi connectivity index (χ0v) is 14.9. The van der Waals surface area contributed by atoms with Gasteiger partial charge in [0.25, 0.3) is 0 Å². The van der Waals surface area contributed by atoms with Crippen LogP contribution in [0.5, 0.6) is 0 Å². The van der Waals surface area contributed by atoms with Crippen molar-refractivity contribution >= 4 is 0 Å². The molecule has 1 heterocycles. The molecule has 2 aliphatic rings. The highest BCUT2D eigenvalue weighted by atomic mass is 15.2. The van der Waals surface area contributed by atoms with E-state index in [9.17, 15) is 0 Å². The maximum Gasteiger partial charge on any atom is 0.0108 e. The van der Waals surface area contributed by atoms with Gasteiger partial charge in [-0.05, 0) is 68.9 Å². The summed E-state index contributed by atoms with van der Waals surface area (Å²) in [6.07, 6.45) is 8.38. The first-order valence-corrected chi connectivity index (χ1v) is 9.59. The summed E-state index contributed by atoms with van der Waals surface area (Å²) >= 11 is 0. The summed E-state index contributed by atoms with van der Waals surface area (Å²) in [6, 6.07) is 0.783. The Balaban J connectivity index is 1.87. The molecule has 1 aliphatic carbocycles. The Hall–Kier alpha value is -0.0800. The van der Waals surface area contributed by atoms with Gasteiger partial charge in [0.1, 0.15) is 0 Å². The predicted octanol–water partition coefficient (Wildman–Crippen LogP) is 4.16. The Labute approximate surface area is 133 Å². The van der Waals surface area contributed by atoms with Crippen molar-refractivity contribution in [2.75, 3.05) is 26.2 Å². The Morgan fingerprint density at radius 3 is 2.57 bits per heavy atom. The normalized spacial score (nSPS) is 34.7. The number of rotatable bonds is 7. The lowest BCUT2D eigenvalue weighted by molar-refractivity contribution is 0.147. The first-order valence-electron chi connectivity index (χ1n) is 9.59. The van der Waals surface area contributed by atoms with Gasteiger partial charge in [-0.25, -0.2) is 0 Å². The maximum atomic E-state index is 3.85. The standard InChI is InChI=1S/C19H38N2/c1-5-10-20-19-8-7-16(6-2)12-18(19)14-21-11-9-17(13-21)15(3)4/h15-20H,5-14H2,1-4H3. The van der Waals surface area contributed by atoms with Gasteiger partial charge in [-0.3, -0.25) is 0 Å². The Bertz CT molecular complexity index is 289. The molecule has 0 radical (unpaired) electrons. The van der Waals surface area contributed by atoms with E-state index in [1.54, 1.807) is 0 Å².